The van der Waals surface area contributed by atoms with Crippen LogP contribution in [0.1, 0.15) is 23.4 Å². The fraction of sp³-hybridized carbons (Fsp3) is 0.368. The maximum absolute atomic E-state index is 13.2. The third-order valence-electron chi connectivity index (χ3n) is 5.25. The van der Waals surface area contributed by atoms with E-state index in [9.17, 15) is 22.4 Å². The Kier molecular flexibility index (Phi) is 5.15. The Bertz CT molecular complexity index is 1130. The topological polar surface area (TPSA) is 87.5 Å². The Morgan fingerprint density at radius 1 is 1.13 bits per heavy atom. The van der Waals surface area contributed by atoms with Crippen molar-refractivity contribution in [2.75, 3.05) is 23.3 Å². The minimum atomic E-state index is -4.68. The minimum Gasteiger partial charge on any atom is -0.353 e. The summed E-state index contributed by atoms with van der Waals surface area (Å²) >= 11 is 0. The van der Waals surface area contributed by atoms with Crippen LogP contribution in [0, 0.1) is 19.7 Å². The van der Waals surface area contributed by atoms with Gasteiger partial charge in [-0.1, -0.05) is 0 Å². The molecule has 1 saturated heterocycles. The molecule has 0 bridgehead atoms. The molecule has 1 fully saturated rings. The third-order valence-corrected chi connectivity index (χ3v) is 5.25. The molecular weight excluding hydrogens is 418 g/mol. The van der Waals surface area contributed by atoms with E-state index in [1.54, 1.807) is 13.8 Å². The molecule has 1 aromatic carbocycles. The zero-order valence-corrected chi connectivity index (χ0v) is 16.7. The van der Waals surface area contributed by atoms with Crippen molar-refractivity contribution in [2.24, 2.45) is 0 Å². The van der Waals surface area contributed by atoms with Crippen molar-refractivity contribution < 1.29 is 22.4 Å². The second-order valence-corrected chi connectivity index (χ2v) is 7.37. The van der Waals surface area contributed by atoms with Crippen LogP contribution in [0.4, 0.5) is 33.9 Å². The molecule has 1 atom stereocenters. The monoisotopic (exact) mass is 437 g/mol. The van der Waals surface area contributed by atoms with Gasteiger partial charge in [0.1, 0.15) is 5.82 Å². The normalized spacial score (nSPS) is 16.7. The van der Waals surface area contributed by atoms with Gasteiger partial charge in [0.25, 0.3) is 5.82 Å². The Hall–Kier alpha value is -3.44. The van der Waals surface area contributed by atoms with Crippen LogP contribution in [0.2, 0.25) is 0 Å². The van der Waals surface area contributed by atoms with Gasteiger partial charge in [-0.25, -0.2) is 9.18 Å². The molecule has 3 aromatic rings. The summed E-state index contributed by atoms with van der Waals surface area (Å²) in [5.74, 6) is -1.20. The van der Waals surface area contributed by atoms with Crippen LogP contribution in [-0.4, -0.2) is 45.0 Å². The average molecular weight is 437 g/mol. The first-order chi connectivity index (χ1) is 14.6. The lowest BCUT2D eigenvalue weighted by Crippen LogP contribution is -2.40. The molecule has 2 N–H and O–H groups in total. The van der Waals surface area contributed by atoms with Gasteiger partial charge in [-0.15, -0.1) is 15.3 Å². The number of amides is 2. The van der Waals surface area contributed by atoms with Crippen molar-refractivity contribution in [3.8, 4) is 0 Å². The molecule has 2 aromatic heterocycles. The number of aromatic nitrogens is 4. The van der Waals surface area contributed by atoms with Gasteiger partial charge in [0.05, 0.1) is 0 Å². The van der Waals surface area contributed by atoms with Crippen molar-refractivity contribution in [1.82, 2.24) is 25.1 Å². The van der Waals surface area contributed by atoms with Crippen LogP contribution in [0.5, 0.6) is 0 Å². The van der Waals surface area contributed by atoms with E-state index in [1.807, 2.05) is 4.90 Å². The lowest BCUT2D eigenvalue weighted by molar-refractivity contribution is -0.146. The predicted molar refractivity (Wildman–Crippen MR) is 104 cm³/mol. The van der Waals surface area contributed by atoms with Crippen molar-refractivity contribution >= 4 is 23.2 Å². The standard InChI is InChI=1S/C19H19F4N7O/c1-10-11(2)16(28-30-15(10)26-27-17(30)19(21,22)23)29-8-7-14(9-29)25-18(31)24-13-5-3-12(20)4-6-13/h3-6,14H,7-9H2,1-2H3,(H2,24,25,31). The highest BCUT2D eigenvalue weighted by atomic mass is 19.4. The van der Waals surface area contributed by atoms with E-state index in [4.69, 9.17) is 0 Å². The fourth-order valence-electron chi connectivity index (χ4n) is 3.55. The quantitative estimate of drug-likeness (QED) is 0.614. The lowest BCUT2D eigenvalue weighted by atomic mass is 10.2. The number of urea groups is 1. The first kappa shape index (κ1) is 20.8. The molecule has 31 heavy (non-hydrogen) atoms. The molecule has 0 saturated carbocycles. The SMILES string of the molecule is Cc1c(N2CCC(NC(=O)Nc3ccc(F)cc3)C2)nn2c(C(F)(F)F)nnc2c1C. The molecule has 0 spiro atoms. The van der Waals surface area contributed by atoms with Crippen LogP contribution in [0.25, 0.3) is 5.65 Å². The summed E-state index contributed by atoms with van der Waals surface area (Å²) in [5.41, 5.74) is 1.75. The number of carbonyl (C=O) groups is 1. The first-order valence-electron chi connectivity index (χ1n) is 9.51. The first-order valence-corrected chi connectivity index (χ1v) is 9.51. The summed E-state index contributed by atoms with van der Waals surface area (Å²) in [7, 11) is 0. The molecule has 4 rings (SSSR count). The van der Waals surface area contributed by atoms with Gasteiger partial charge in [0.15, 0.2) is 11.5 Å². The smallest absolute Gasteiger partial charge is 0.353 e. The van der Waals surface area contributed by atoms with E-state index in [1.165, 1.54) is 24.3 Å². The average Bonchev–Trinajstić information content (AvgIpc) is 3.33. The maximum Gasteiger partial charge on any atom is 0.453 e. The summed E-state index contributed by atoms with van der Waals surface area (Å²) in [4.78, 5) is 14.0. The van der Waals surface area contributed by atoms with Gasteiger partial charge >= 0.3 is 12.2 Å². The summed E-state index contributed by atoms with van der Waals surface area (Å²) in [6.07, 6.45) is -4.09. The highest BCUT2D eigenvalue weighted by molar-refractivity contribution is 5.89. The largest absolute Gasteiger partial charge is 0.453 e. The Morgan fingerprint density at radius 2 is 1.84 bits per heavy atom. The third kappa shape index (κ3) is 4.09. The second-order valence-electron chi connectivity index (χ2n) is 7.37. The van der Waals surface area contributed by atoms with Gasteiger partial charge in [-0.3, -0.25) is 0 Å². The van der Waals surface area contributed by atoms with Crippen molar-refractivity contribution in [3.05, 3.63) is 47.0 Å². The second kappa shape index (κ2) is 7.67. The van der Waals surface area contributed by atoms with E-state index < -0.39 is 23.8 Å². The van der Waals surface area contributed by atoms with Gasteiger partial charge in [-0.2, -0.15) is 17.7 Å². The van der Waals surface area contributed by atoms with Crippen LogP contribution in [-0.2, 0) is 6.18 Å². The molecule has 0 aliphatic carbocycles. The lowest BCUT2D eigenvalue weighted by Gasteiger charge is -2.21. The number of carbonyl (C=O) groups excluding carboxylic acids is 1. The van der Waals surface area contributed by atoms with Gasteiger partial charge in [-0.05, 0) is 44.5 Å². The van der Waals surface area contributed by atoms with Crippen LogP contribution in [0.3, 0.4) is 0 Å². The Morgan fingerprint density at radius 3 is 2.52 bits per heavy atom. The number of aryl methyl sites for hydroxylation is 1. The molecule has 1 unspecified atom stereocenters. The zero-order valence-electron chi connectivity index (χ0n) is 16.7. The van der Waals surface area contributed by atoms with Crippen molar-refractivity contribution in [1.29, 1.82) is 0 Å². The Balaban J connectivity index is 1.50. The van der Waals surface area contributed by atoms with Crippen LogP contribution >= 0.6 is 0 Å². The number of hydrogen-bond donors (Lipinski definition) is 2. The number of nitrogens with zero attached hydrogens (tertiary/aromatic N) is 5. The molecule has 1 aliphatic rings. The summed E-state index contributed by atoms with van der Waals surface area (Å²) in [5, 5.41) is 16.5. The van der Waals surface area contributed by atoms with E-state index >= 15 is 0 Å². The zero-order chi connectivity index (χ0) is 22.3. The fourth-order valence-corrected chi connectivity index (χ4v) is 3.55. The van der Waals surface area contributed by atoms with Gasteiger partial charge < -0.3 is 15.5 Å². The summed E-state index contributed by atoms with van der Waals surface area (Å²) in [6.45, 7) is 4.32. The number of hydrogen-bond acceptors (Lipinski definition) is 5. The minimum absolute atomic E-state index is 0.0566. The molecule has 12 heteroatoms. The molecule has 0 radical (unpaired) electrons. The predicted octanol–water partition coefficient (Wildman–Crippen LogP) is 3.30. The van der Waals surface area contributed by atoms with E-state index in [0.29, 0.717) is 42.1 Å². The number of fused-ring (bicyclic) bond motifs is 1. The van der Waals surface area contributed by atoms with Gasteiger partial charge in [0.2, 0.25) is 0 Å². The van der Waals surface area contributed by atoms with E-state index in [2.05, 4.69) is 25.9 Å². The highest BCUT2D eigenvalue weighted by Gasteiger charge is 2.38. The van der Waals surface area contributed by atoms with Gasteiger partial charge in [0, 0.05) is 35.9 Å². The number of halogens is 4. The number of rotatable bonds is 3. The molecule has 1 aliphatic heterocycles. The molecule has 3 heterocycles. The number of anilines is 2. The Labute approximate surface area is 174 Å². The number of nitrogens with one attached hydrogen (secondary N) is 2. The number of alkyl halides is 3. The molecular formula is C19H19F4N7O. The summed E-state index contributed by atoms with van der Waals surface area (Å²) < 4.78 is 53.4. The van der Waals surface area contributed by atoms with Crippen molar-refractivity contribution in [2.45, 2.75) is 32.5 Å². The highest BCUT2D eigenvalue weighted by Crippen LogP contribution is 2.31. The van der Waals surface area contributed by atoms with Crippen LogP contribution in [0.15, 0.2) is 24.3 Å². The molecule has 2 amide bonds. The number of benzene rings is 1. The van der Waals surface area contributed by atoms with Crippen molar-refractivity contribution in [3.63, 3.8) is 0 Å². The molecule has 8 nitrogen and oxygen atoms in total. The maximum atomic E-state index is 13.2. The molecule has 164 valence electrons. The summed E-state index contributed by atoms with van der Waals surface area (Å²) in [6, 6.07) is 4.67. The van der Waals surface area contributed by atoms with E-state index in [-0.39, 0.29) is 11.7 Å². The van der Waals surface area contributed by atoms with Crippen LogP contribution < -0.4 is 15.5 Å². The van der Waals surface area contributed by atoms with E-state index in [0.717, 1.165) is 4.52 Å².